The van der Waals surface area contributed by atoms with Crippen LogP contribution < -0.4 is 5.32 Å². The maximum atomic E-state index is 9.54. The van der Waals surface area contributed by atoms with Crippen molar-refractivity contribution in [3.8, 4) is 0 Å². The van der Waals surface area contributed by atoms with Crippen molar-refractivity contribution in [3.05, 3.63) is 0 Å². The molecular formula is C15H31N3O. The third-order valence-corrected chi connectivity index (χ3v) is 4.85. The highest BCUT2D eigenvalue weighted by Crippen LogP contribution is 2.21. The number of aliphatic hydroxyl groups excluding tert-OH is 1. The summed E-state index contributed by atoms with van der Waals surface area (Å²) in [6.45, 7) is 11.5. The van der Waals surface area contributed by atoms with Crippen LogP contribution in [0.4, 0.5) is 0 Å². The number of nitrogens with one attached hydrogen (secondary N) is 1. The Balaban J connectivity index is 1.77. The standard InChI is InChI=1S/C15H31N3O/c1-3-16-15(2,13-19)7-9-17-10-11-18-8-5-4-6-14(18)12-17/h14,16,19H,3-13H2,1-2H3. The predicted octanol–water partition coefficient (Wildman–Crippen LogP) is 0.907. The number of fused-ring (bicyclic) bond motifs is 1. The fourth-order valence-corrected chi connectivity index (χ4v) is 3.48. The van der Waals surface area contributed by atoms with E-state index in [-0.39, 0.29) is 12.1 Å². The van der Waals surface area contributed by atoms with Gasteiger partial charge in [0.05, 0.1) is 6.61 Å². The molecule has 2 saturated heterocycles. The highest BCUT2D eigenvalue weighted by Gasteiger charge is 2.30. The van der Waals surface area contributed by atoms with E-state index in [1.807, 2.05) is 0 Å². The van der Waals surface area contributed by atoms with Gasteiger partial charge in [0.15, 0.2) is 0 Å². The minimum atomic E-state index is -0.113. The van der Waals surface area contributed by atoms with Crippen LogP contribution in [-0.4, -0.2) is 72.4 Å². The number of nitrogens with zero attached hydrogens (tertiary/aromatic N) is 2. The first-order valence-electron chi connectivity index (χ1n) is 7.99. The van der Waals surface area contributed by atoms with E-state index >= 15 is 0 Å². The van der Waals surface area contributed by atoms with Crippen LogP contribution in [-0.2, 0) is 0 Å². The van der Waals surface area contributed by atoms with Gasteiger partial charge in [-0.3, -0.25) is 4.90 Å². The van der Waals surface area contributed by atoms with Crippen LogP contribution in [0.2, 0.25) is 0 Å². The summed E-state index contributed by atoms with van der Waals surface area (Å²) in [7, 11) is 0. The molecule has 2 heterocycles. The lowest BCUT2D eigenvalue weighted by Crippen LogP contribution is -2.56. The van der Waals surface area contributed by atoms with Gasteiger partial charge in [0, 0.05) is 37.8 Å². The second-order valence-corrected chi connectivity index (χ2v) is 6.49. The molecule has 2 N–H and O–H groups in total. The quantitative estimate of drug-likeness (QED) is 0.752. The molecule has 112 valence electrons. The lowest BCUT2D eigenvalue weighted by atomic mass is 9.96. The van der Waals surface area contributed by atoms with Crippen molar-refractivity contribution in [1.82, 2.24) is 15.1 Å². The fourth-order valence-electron chi connectivity index (χ4n) is 3.48. The first kappa shape index (κ1) is 15.2. The van der Waals surface area contributed by atoms with E-state index in [1.54, 1.807) is 0 Å². The van der Waals surface area contributed by atoms with Gasteiger partial charge in [0.25, 0.3) is 0 Å². The van der Waals surface area contributed by atoms with E-state index in [0.717, 1.165) is 25.6 Å². The van der Waals surface area contributed by atoms with Crippen LogP contribution in [0.1, 0.15) is 39.5 Å². The zero-order valence-electron chi connectivity index (χ0n) is 12.7. The number of rotatable bonds is 6. The van der Waals surface area contributed by atoms with Gasteiger partial charge in [0.2, 0.25) is 0 Å². The summed E-state index contributed by atoms with van der Waals surface area (Å²) in [5, 5.41) is 13.0. The monoisotopic (exact) mass is 269 g/mol. The lowest BCUT2D eigenvalue weighted by Gasteiger charge is -2.44. The van der Waals surface area contributed by atoms with Gasteiger partial charge in [-0.1, -0.05) is 13.3 Å². The molecule has 4 heteroatoms. The van der Waals surface area contributed by atoms with E-state index in [4.69, 9.17) is 0 Å². The molecule has 0 aliphatic carbocycles. The molecule has 0 aromatic carbocycles. The van der Waals surface area contributed by atoms with Crippen LogP contribution in [0.3, 0.4) is 0 Å². The highest BCUT2D eigenvalue weighted by atomic mass is 16.3. The molecule has 0 spiro atoms. The smallest absolute Gasteiger partial charge is 0.0611 e. The van der Waals surface area contributed by atoms with Gasteiger partial charge < -0.3 is 15.3 Å². The van der Waals surface area contributed by atoms with Crippen LogP contribution in [0.15, 0.2) is 0 Å². The molecule has 2 rings (SSSR count). The Morgan fingerprint density at radius 3 is 2.84 bits per heavy atom. The summed E-state index contributed by atoms with van der Waals surface area (Å²) in [6.07, 6.45) is 5.20. The number of piperazine rings is 1. The van der Waals surface area contributed by atoms with Gasteiger partial charge in [-0.2, -0.15) is 0 Å². The Bertz CT molecular complexity index is 274. The van der Waals surface area contributed by atoms with E-state index in [0.29, 0.717) is 0 Å². The molecule has 2 unspecified atom stereocenters. The topological polar surface area (TPSA) is 38.7 Å². The van der Waals surface area contributed by atoms with Gasteiger partial charge in [0.1, 0.15) is 0 Å². The summed E-state index contributed by atoms with van der Waals surface area (Å²) in [5.74, 6) is 0. The van der Waals surface area contributed by atoms with E-state index in [9.17, 15) is 5.11 Å². The molecular weight excluding hydrogens is 238 g/mol. The van der Waals surface area contributed by atoms with Gasteiger partial charge in [-0.15, -0.1) is 0 Å². The van der Waals surface area contributed by atoms with Crippen LogP contribution >= 0.6 is 0 Å². The molecule has 0 amide bonds. The largest absolute Gasteiger partial charge is 0.394 e. The second-order valence-electron chi connectivity index (χ2n) is 6.49. The molecule has 19 heavy (non-hydrogen) atoms. The summed E-state index contributed by atoms with van der Waals surface area (Å²) in [5.41, 5.74) is -0.113. The molecule has 0 aromatic heterocycles. The zero-order valence-corrected chi connectivity index (χ0v) is 12.7. The van der Waals surface area contributed by atoms with E-state index in [2.05, 4.69) is 29.0 Å². The van der Waals surface area contributed by atoms with Crippen molar-refractivity contribution in [2.75, 3.05) is 45.9 Å². The van der Waals surface area contributed by atoms with Gasteiger partial charge in [-0.05, 0) is 39.3 Å². The Morgan fingerprint density at radius 2 is 2.11 bits per heavy atom. The maximum absolute atomic E-state index is 9.54. The number of hydrogen-bond acceptors (Lipinski definition) is 4. The van der Waals surface area contributed by atoms with Gasteiger partial charge in [-0.25, -0.2) is 0 Å². The van der Waals surface area contributed by atoms with Crippen molar-refractivity contribution < 1.29 is 5.11 Å². The zero-order chi connectivity index (χ0) is 13.7. The Kier molecular flexibility index (Phi) is 5.63. The molecule has 0 aromatic rings. The van der Waals surface area contributed by atoms with Gasteiger partial charge >= 0.3 is 0 Å². The SMILES string of the molecule is CCNC(C)(CO)CCN1CCN2CCCCC2C1. The fraction of sp³-hybridized carbons (Fsp3) is 1.00. The molecule has 4 nitrogen and oxygen atoms in total. The third kappa shape index (κ3) is 4.15. The highest BCUT2D eigenvalue weighted by molar-refractivity contribution is 4.88. The Morgan fingerprint density at radius 1 is 1.26 bits per heavy atom. The number of aliphatic hydroxyl groups is 1. The molecule has 0 bridgehead atoms. The van der Waals surface area contributed by atoms with Crippen molar-refractivity contribution in [3.63, 3.8) is 0 Å². The summed E-state index contributed by atoms with van der Waals surface area (Å²) >= 11 is 0. The van der Waals surface area contributed by atoms with Crippen LogP contribution in [0.5, 0.6) is 0 Å². The summed E-state index contributed by atoms with van der Waals surface area (Å²) in [4.78, 5) is 5.27. The Labute approximate surface area is 118 Å². The second kappa shape index (κ2) is 7.02. The van der Waals surface area contributed by atoms with E-state index < -0.39 is 0 Å². The minimum Gasteiger partial charge on any atom is -0.394 e. The number of likely N-dealkylation sites (N-methyl/N-ethyl adjacent to an activating group) is 1. The average molecular weight is 269 g/mol. The molecule has 2 fully saturated rings. The molecule has 0 radical (unpaired) electrons. The lowest BCUT2D eigenvalue weighted by molar-refractivity contribution is 0.0420. The Hall–Kier alpha value is -0.160. The first-order chi connectivity index (χ1) is 9.17. The predicted molar refractivity (Wildman–Crippen MR) is 79.4 cm³/mol. The van der Waals surface area contributed by atoms with Crippen molar-refractivity contribution >= 4 is 0 Å². The molecule has 2 aliphatic rings. The minimum absolute atomic E-state index is 0.113. The normalized spacial score (nSPS) is 28.9. The van der Waals surface area contributed by atoms with Crippen LogP contribution in [0.25, 0.3) is 0 Å². The summed E-state index contributed by atoms with van der Waals surface area (Å²) < 4.78 is 0. The summed E-state index contributed by atoms with van der Waals surface area (Å²) in [6, 6.07) is 0.794. The van der Waals surface area contributed by atoms with Crippen LogP contribution in [0, 0.1) is 0 Å². The van der Waals surface area contributed by atoms with Crippen molar-refractivity contribution in [2.24, 2.45) is 0 Å². The maximum Gasteiger partial charge on any atom is 0.0611 e. The van der Waals surface area contributed by atoms with E-state index in [1.165, 1.54) is 45.4 Å². The van der Waals surface area contributed by atoms with Crippen molar-refractivity contribution in [2.45, 2.75) is 51.1 Å². The first-order valence-corrected chi connectivity index (χ1v) is 7.99. The number of hydrogen-bond donors (Lipinski definition) is 2. The van der Waals surface area contributed by atoms with Crippen molar-refractivity contribution in [1.29, 1.82) is 0 Å². The number of piperidine rings is 1. The molecule has 2 aliphatic heterocycles. The molecule has 0 saturated carbocycles. The molecule has 2 atom stereocenters. The third-order valence-electron chi connectivity index (χ3n) is 4.85. The average Bonchev–Trinajstić information content (AvgIpc) is 2.45.